The molecule has 1 fully saturated rings. The zero-order valence-electron chi connectivity index (χ0n) is 23.0. The molecule has 0 saturated carbocycles. The summed E-state index contributed by atoms with van der Waals surface area (Å²) in [4.78, 5) is 23.2. The summed E-state index contributed by atoms with van der Waals surface area (Å²) >= 11 is 3.20. The number of rotatable bonds is 14. The topological polar surface area (TPSA) is 143 Å². The summed E-state index contributed by atoms with van der Waals surface area (Å²) in [5, 5.41) is 30.1. The van der Waals surface area contributed by atoms with Crippen molar-refractivity contribution in [2.45, 2.75) is 81.4 Å². The smallest absolute Gasteiger partial charge is 0.243 e. The maximum Gasteiger partial charge on any atom is 0.243 e. The summed E-state index contributed by atoms with van der Waals surface area (Å²) in [6.45, 7) is 2.35. The number of carbonyl (C=O) groups excluding carboxylic acids is 2. The van der Waals surface area contributed by atoms with Crippen LogP contribution in [0.3, 0.4) is 0 Å². The predicted molar refractivity (Wildman–Crippen MR) is 155 cm³/mol. The Kier molecular flexibility index (Phi) is 12.1. The van der Waals surface area contributed by atoms with Gasteiger partial charge in [0.15, 0.2) is 10.6 Å². The second kappa shape index (κ2) is 15.9. The zero-order valence-corrected chi connectivity index (χ0v) is 24.6. The molecule has 1 aliphatic rings. The molecule has 4 rings (SSSR count). The molecule has 1 aromatic heterocycles. The standard InChI is InChI=1S/C29H36N4O6S2/c1-19-31-32-29(41-19)40-18-24-15-25(22-11-9-21(17-34)10-12-22)39-28(38-24)23-13-7-20(8-14-23)16-30-26(35)5-3-2-4-6-27(36)33-37/h7-14,24-25,28,34,37H,2-6,15-18H2,1H3,(H,30,35)(H,33,36)/t24-,25+,28+/m0/s1. The number of aromatic nitrogens is 2. The third-order valence-electron chi connectivity index (χ3n) is 6.69. The lowest BCUT2D eigenvalue weighted by atomic mass is 10.0. The van der Waals surface area contributed by atoms with Crippen LogP contribution in [-0.4, -0.2) is 44.2 Å². The highest BCUT2D eigenvalue weighted by Crippen LogP contribution is 2.39. The van der Waals surface area contributed by atoms with Crippen LogP contribution in [-0.2, 0) is 32.2 Å². The summed E-state index contributed by atoms with van der Waals surface area (Å²) < 4.78 is 13.7. The van der Waals surface area contributed by atoms with Gasteiger partial charge in [0.25, 0.3) is 0 Å². The lowest BCUT2D eigenvalue weighted by molar-refractivity contribution is -0.245. The van der Waals surface area contributed by atoms with Crippen LogP contribution in [0, 0.1) is 6.92 Å². The molecule has 2 heterocycles. The molecule has 0 aliphatic carbocycles. The van der Waals surface area contributed by atoms with E-state index < -0.39 is 12.2 Å². The Morgan fingerprint density at radius 3 is 2.29 bits per heavy atom. The molecule has 0 unspecified atom stereocenters. The van der Waals surface area contributed by atoms with Crippen molar-refractivity contribution >= 4 is 34.9 Å². The van der Waals surface area contributed by atoms with Crippen molar-refractivity contribution in [3.8, 4) is 0 Å². The van der Waals surface area contributed by atoms with Gasteiger partial charge < -0.3 is 19.9 Å². The minimum Gasteiger partial charge on any atom is -0.392 e. The molecule has 10 nitrogen and oxygen atoms in total. The molecule has 0 spiro atoms. The Balaban J connectivity index is 1.32. The Bertz CT molecular complexity index is 1250. The Morgan fingerprint density at radius 1 is 0.951 bits per heavy atom. The van der Waals surface area contributed by atoms with E-state index in [1.807, 2.05) is 55.5 Å². The van der Waals surface area contributed by atoms with Gasteiger partial charge in [-0.15, -0.1) is 10.2 Å². The van der Waals surface area contributed by atoms with E-state index in [1.165, 1.54) is 0 Å². The van der Waals surface area contributed by atoms with Gasteiger partial charge >= 0.3 is 0 Å². The van der Waals surface area contributed by atoms with E-state index in [0.717, 1.165) is 43.8 Å². The number of aliphatic hydroxyl groups excluding tert-OH is 1. The van der Waals surface area contributed by atoms with E-state index in [1.54, 1.807) is 28.6 Å². The van der Waals surface area contributed by atoms with Crippen LogP contribution in [0.25, 0.3) is 0 Å². The summed E-state index contributed by atoms with van der Waals surface area (Å²) in [5.41, 5.74) is 5.36. The van der Waals surface area contributed by atoms with Crippen molar-refractivity contribution in [2.24, 2.45) is 0 Å². The SMILES string of the molecule is Cc1nnc(SC[C@@H]2C[C@H](c3ccc(CO)cc3)O[C@H](c3ccc(CNC(=O)CCCCCC(=O)NO)cc3)O2)s1. The van der Waals surface area contributed by atoms with Crippen molar-refractivity contribution in [1.82, 2.24) is 21.0 Å². The number of aryl methyl sites for hydroxylation is 1. The number of nitrogens with one attached hydrogen (secondary N) is 2. The predicted octanol–water partition coefficient (Wildman–Crippen LogP) is 4.75. The third-order valence-corrected chi connectivity index (χ3v) is 8.79. The summed E-state index contributed by atoms with van der Waals surface area (Å²) in [7, 11) is 0. The van der Waals surface area contributed by atoms with Gasteiger partial charge in [-0.05, 0) is 36.5 Å². The molecule has 4 N–H and O–H groups in total. The first-order valence-corrected chi connectivity index (χ1v) is 15.5. The fraction of sp³-hybridized carbons (Fsp3) is 0.448. The van der Waals surface area contributed by atoms with Crippen LogP contribution in [0.5, 0.6) is 0 Å². The highest BCUT2D eigenvalue weighted by Gasteiger charge is 2.32. The lowest BCUT2D eigenvalue weighted by Crippen LogP contribution is -2.31. The number of thioether (sulfide) groups is 1. The maximum atomic E-state index is 12.2. The fourth-order valence-electron chi connectivity index (χ4n) is 4.41. The molecule has 0 bridgehead atoms. The van der Waals surface area contributed by atoms with E-state index in [4.69, 9.17) is 14.7 Å². The molecule has 2 amide bonds. The molecular weight excluding hydrogens is 564 g/mol. The average molecular weight is 601 g/mol. The van der Waals surface area contributed by atoms with Crippen LogP contribution >= 0.6 is 23.1 Å². The van der Waals surface area contributed by atoms with Gasteiger partial charge in [-0.2, -0.15) is 0 Å². The normalized spacial score (nSPS) is 18.7. The molecule has 0 radical (unpaired) electrons. The van der Waals surface area contributed by atoms with Crippen molar-refractivity contribution < 1.29 is 29.4 Å². The molecule has 41 heavy (non-hydrogen) atoms. The van der Waals surface area contributed by atoms with Crippen molar-refractivity contribution in [2.75, 3.05) is 5.75 Å². The second-order valence-electron chi connectivity index (χ2n) is 9.86. The minimum absolute atomic E-state index is 0.00359. The number of aliphatic hydroxyl groups is 1. The minimum atomic E-state index is -0.551. The van der Waals surface area contributed by atoms with Crippen LogP contribution in [0.15, 0.2) is 52.9 Å². The number of nitrogens with zero attached hydrogens (tertiary/aromatic N) is 2. The van der Waals surface area contributed by atoms with E-state index in [9.17, 15) is 14.7 Å². The third kappa shape index (κ3) is 9.87. The number of benzene rings is 2. The van der Waals surface area contributed by atoms with Crippen LogP contribution in [0.1, 0.15) is 78.2 Å². The summed E-state index contributed by atoms with van der Waals surface area (Å²) in [5.74, 6) is 0.269. The first kappa shape index (κ1) is 31.1. The fourth-order valence-corrected chi connectivity index (χ4v) is 6.27. The number of carbonyl (C=O) groups is 2. The quantitative estimate of drug-likeness (QED) is 0.0892. The van der Waals surface area contributed by atoms with Crippen molar-refractivity contribution in [3.05, 3.63) is 75.8 Å². The summed E-state index contributed by atoms with van der Waals surface area (Å²) in [6, 6.07) is 15.7. The number of unbranched alkanes of at least 4 members (excludes halogenated alkanes) is 2. The molecule has 12 heteroatoms. The molecular formula is C29H36N4O6S2. The van der Waals surface area contributed by atoms with Gasteiger partial charge in [-0.25, -0.2) is 5.48 Å². The molecule has 2 aromatic carbocycles. The van der Waals surface area contributed by atoms with Gasteiger partial charge in [-0.3, -0.25) is 14.8 Å². The monoisotopic (exact) mass is 600 g/mol. The average Bonchev–Trinajstić information content (AvgIpc) is 3.43. The Hall–Kier alpha value is -2.87. The Labute approximate surface area is 247 Å². The number of amides is 2. The molecule has 1 aliphatic heterocycles. The van der Waals surface area contributed by atoms with Crippen molar-refractivity contribution in [1.29, 1.82) is 0 Å². The van der Waals surface area contributed by atoms with E-state index in [-0.39, 0.29) is 31.1 Å². The summed E-state index contributed by atoms with van der Waals surface area (Å²) in [6.07, 6.45) is 2.59. The highest BCUT2D eigenvalue weighted by atomic mass is 32.2. The lowest BCUT2D eigenvalue weighted by Gasteiger charge is -2.36. The Morgan fingerprint density at radius 2 is 1.63 bits per heavy atom. The van der Waals surface area contributed by atoms with E-state index in [0.29, 0.717) is 32.2 Å². The molecule has 3 atom stereocenters. The molecule has 220 valence electrons. The second-order valence-corrected chi connectivity index (χ2v) is 12.3. The number of ether oxygens (including phenoxy) is 2. The van der Waals surface area contributed by atoms with Crippen LogP contribution in [0.4, 0.5) is 0 Å². The molecule has 3 aromatic rings. The number of hydrogen-bond donors (Lipinski definition) is 4. The van der Waals surface area contributed by atoms with Gasteiger partial charge in [-0.1, -0.05) is 78.1 Å². The number of hydroxylamine groups is 1. The van der Waals surface area contributed by atoms with E-state index >= 15 is 0 Å². The number of hydrogen-bond acceptors (Lipinski definition) is 10. The van der Waals surface area contributed by atoms with Gasteiger partial charge in [0.2, 0.25) is 11.8 Å². The molecule has 1 saturated heterocycles. The van der Waals surface area contributed by atoms with Gasteiger partial charge in [0, 0.05) is 37.1 Å². The van der Waals surface area contributed by atoms with E-state index in [2.05, 4.69) is 15.5 Å². The van der Waals surface area contributed by atoms with Crippen LogP contribution < -0.4 is 10.8 Å². The van der Waals surface area contributed by atoms with Gasteiger partial charge in [0.1, 0.15) is 5.01 Å². The largest absolute Gasteiger partial charge is 0.392 e. The first-order chi connectivity index (χ1) is 19.9. The van der Waals surface area contributed by atoms with Gasteiger partial charge in [0.05, 0.1) is 18.8 Å². The first-order valence-electron chi connectivity index (χ1n) is 13.7. The highest BCUT2D eigenvalue weighted by molar-refractivity contribution is 8.01. The zero-order chi connectivity index (χ0) is 29.0. The maximum absolute atomic E-state index is 12.2. The van der Waals surface area contributed by atoms with Crippen LogP contribution in [0.2, 0.25) is 0 Å². The van der Waals surface area contributed by atoms with Crippen molar-refractivity contribution in [3.63, 3.8) is 0 Å².